The Balaban J connectivity index is 2.04. The van der Waals surface area contributed by atoms with Gasteiger partial charge in [0.1, 0.15) is 5.82 Å². The van der Waals surface area contributed by atoms with E-state index in [9.17, 15) is 22.4 Å². The summed E-state index contributed by atoms with van der Waals surface area (Å²) in [5.74, 6) is -1.74. The number of amides is 1. The lowest BCUT2D eigenvalue weighted by atomic mass is 10.0. The minimum absolute atomic E-state index is 0.157. The van der Waals surface area contributed by atoms with Crippen LogP contribution < -0.4 is 15.5 Å². The Kier molecular flexibility index (Phi) is 5.20. The molecule has 1 amide bonds. The smallest absolute Gasteiger partial charge is 0.366 e. The SMILES string of the molecule is CC1(C)CN(c2ccc(C#N)c(C(F)(F)F)c2)C(=S)N1c1ccc(C(N)=O)c(F)c1. The molecule has 30 heavy (non-hydrogen) atoms. The number of benzene rings is 2. The number of thiocarbonyl (C=S) groups is 1. The number of nitriles is 1. The van der Waals surface area contributed by atoms with Gasteiger partial charge in [-0.05, 0) is 62.5 Å². The molecule has 2 aromatic rings. The van der Waals surface area contributed by atoms with Gasteiger partial charge in [-0.2, -0.15) is 18.4 Å². The second kappa shape index (κ2) is 7.25. The molecule has 1 fully saturated rings. The molecule has 0 bridgehead atoms. The molecule has 0 aliphatic carbocycles. The number of nitrogens with two attached hydrogens (primary N) is 1. The number of rotatable bonds is 3. The second-order valence-corrected chi connectivity index (χ2v) is 7.75. The van der Waals surface area contributed by atoms with Gasteiger partial charge < -0.3 is 15.5 Å². The Bertz CT molecular complexity index is 1090. The number of nitrogens with zero attached hydrogens (tertiary/aromatic N) is 3. The Morgan fingerprint density at radius 2 is 1.83 bits per heavy atom. The first-order chi connectivity index (χ1) is 13.9. The Morgan fingerprint density at radius 3 is 2.37 bits per heavy atom. The average Bonchev–Trinajstić information content (AvgIpc) is 2.89. The number of hydrogen-bond acceptors (Lipinski definition) is 3. The van der Waals surface area contributed by atoms with E-state index in [1.807, 2.05) is 0 Å². The highest BCUT2D eigenvalue weighted by molar-refractivity contribution is 7.80. The normalized spacial score (nSPS) is 16.0. The predicted octanol–water partition coefficient (Wildman–Crippen LogP) is 4.21. The highest BCUT2D eigenvalue weighted by atomic mass is 32.1. The number of carbonyl (C=O) groups is 1. The fraction of sp³-hybridized carbons (Fsp3) is 0.250. The van der Waals surface area contributed by atoms with Gasteiger partial charge in [0.2, 0.25) is 0 Å². The molecule has 1 aliphatic heterocycles. The Hall–Kier alpha value is -3.19. The number of carbonyl (C=O) groups excluding carboxylic acids is 1. The molecule has 1 aliphatic rings. The van der Waals surface area contributed by atoms with E-state index in [2.05, 4.69) is 0 Å². The maximum absolute atomic E-state index is 14.3. The van der Waals surface area contributed by atoms with Gasteiger partial charge in [-0.25, -0.2) is 4.39 Å². The fourth-order valence-corrected chi connectivity index (χ4v) is 3.96. The summed E-state index contributed by atoms with van der Waals surface area (Å²) >= 11 is 5.49. The van der Waals surface area contributed by atoms with Gasteiger partial charge in [0.05, 0.1) is 28.3 Å². The standard InChI is InChI=1S/C20H16F4N4OS/c1-19(2)10-27(12-4-3-11(9-25)15(7-12)20(22,23)24)18(30)28(19)13-5-6-14(17(26)29)16(21)8-13/h3-8H,10H2,1-2H3,(H2,26,29). The summed E-state index contributed by atoms with van der Waals surface area (Å²) in [4.78, 5) is 14.4. The van der Waals surface area contributed by atoms with Gasteiger partial charge in [-0.15, -0.1) is 0 Å². The van der Waals surface area contributed by atoms with Crippen LogP contribution >= 0.6 is 12.2 Å². The van der Waals surface area contributed by atoms with Crippen LogP contribution in [0.2, 0.25) is 0 Å². The molecule has 0 unspecified atom stereocenters. The summed E-state index contributed by atoms with van der Waals surface area (Å²) in [6.07, 6.45) is -4.70. The first-order valence-electron chi connectivity index (χ1n) is 8.69. The van der Waals surface area contributed by atoms with Gasteiger partial charge in [-0.3, -0.25) is 4.79 Å². The van der Waals surface area contributed by atoms with E-state index in [-0.39, 0.29) is 22.9 Å². The van der Waals surface area contributed by atoms with Crippen LogP contribution in [0.4, 0.5) is 28.9 Å². The molecule has 3 rings (SSSR count). The van der Waals surface area contributed by atoms with Crippen LogP contribution in [0.25, 0.3) is 0 Å². The van der Waals surface area contributed by atoms with E-state index >= 15 is 0 Å². The van der Waals surface area contributed by atoms with Crippen molar-refractivity contribution in [2.45, 2.75) is 25.6 Å². The van der Waals surface area contributed by atoms with Crippen molar-refractivity contribution < 1.29 is 22.4 Å². The lowest BCUT2D eigenvalue weighted by Crippen LogP contribution is -2.42. The Morgan fingerprint density at radius 1 is 1.20 bits per heavy atom. The van der Waals surface area contributed by atoms with Crippen molar-refractivity contribution >= 4 is 34.6 Å². The van der Waals surface area contributed by atoms with E-state index in [4.69, 9.17) is 23.2 Å². The number of hydrogen-bond donors (Lipinski definition) is 1. The van der Waals surface area contributed by atoms with Crippen LogP contribution in [0.5, 0.6) is 0 Å². The third-order valence-electron chi connectivity index (χ3n) is 4.79. The number of alkyl halides is 3. The van der Waals surface area contributed by atoms with Crippen molar-refractivity contribution in [3.05, 3.63) is 58.9 Å². The molecular weight excluding hydrogens is 420 g/mol. The van der Waals surface area contributed by atoms with Crippen LogP contribution in [0.1, 0.15) is 35.3 Å². The maximum atomic E-state index is 14.3. The quantitative estimate of drug-likeness (QED) is 0.577. The van der Waals surface area contributed by atoms with Crippen molar-refractivity contribution in [2.75, 3.05) is 16.3 Å². The van der Waals surface area contributed by atoms with E-state index in [1.165, 1.54) is 23.1 Å². The van der Waals surface area contributed by atoms with Crippen molar-refractivity contribution in [1.29, 1.82) is 5.26 Å². The van der Waals surface area contributed by atoms with E-state index in [1.54, 1.807) is 24.8 Å². The molecule has 0 saturated carbocycles. The van der Waals surface area contributed by atoms with Crippen LogP contribution in [0.3, 0.4) is 0 Å². The van der Waals surface area contributed by atoms with Gasteiger partial charge >= 0.3 is 6.18 Å². The second-order valence-electron chi connectivity index (χ2n) is 7.38. The molecule has 0 aromatic heterocycles. The predicted molar refractivity (Wildman–Crippen MR) is 108 cm³/mol. The topological polar surface area (TPSA) is 73.4 Å². The molecule has 0 radical (unpaired) electrons. The van der Waals surface area contributed by atoms with E-state index in [0.717, 1.165) is 18.2 Å². The lowest BCUT2D eigenvalue weighted by molar-refractivity contribution is -0.137. The first kappa shape index (κ1) is 21.5. The number of halogens is 4. The first-order valence-corrected chi connectivity index (χ1v) is 9.10. The largest absolute Gasteiger partial charge is 0.417 e. The molecule has 2 aromatic carbocycles. The third kappa shape index (κ3) is 3.68. The Labute approximate surface area is 175 Å². The van der Waals surface area contributed by atoms with Crippen LogP contribution in [-0.2, 0) is 6.18 Å². The zero-order chi connectivity index (χ0) is 22.4. The summed E-state index contributed by atoms with van der Waals surface area (Å²) < 4.78 is 54.3. The summed E-state index contributed by atoms with van der Waals surface area (Å²) in [7, 11) is 0. The monoisotopic (exact) mass is 436 g/mol. The van der Waals surface area contributed by atoms with Crippen molar-refractivity contribution in [3.63, 3.8) is 0 Å². The zero-order valence-corrected chi connectivity index (χ0v) is 16.7. The number of primary amides is 1. The molecule has 156 valence electrons. The minimum Gasteiger partial charge on any atom is -0.366 e. The maximum Gasteiger partial charge on any atom is 0.417 e. The van der Waals surface area contributed by atoms with Gasteiger partial charge in [0.15, 0.2) is 5.11 Å². The van der Waals surface area contributed by atoms with Crippen LogP contribution in [0, 0.1) is 17.1 Å². The van der Waals surface area contributed by atoms with Crippen molar-refractivity contribution in [1.82, 2.24) is 0 Å². The molecular formula is C20H16F4N4OS. The minimum atomic E-state index is -4.70. The highest BCUT2D eigenvalue weighted by Crippen LogP contribution is 2.39. The summed E-state index contributed by atoms with van der Waals surface area (Å²) in [5, 5.41) is 9.14. The summed E-state index contributed by atoms with van der Waals surface area (Å²) in [6, 6.07) is 8.71. The van der Waals surface area contributed by atoms with Crippen molar-refractivity contribution in [2.24, 2.45) is 5.73 Å². The molecule has 0 spiro atoms. The summed E-state index contributed by atoms with van der Waals surface area (Å²) in [5.41, 5.74) is 3.10. The zero-order valence-electron chi connectivity index (χ0n) is 15.9. The van der Waals surface area contributed by atoms with Crippen LogP contribution in [-0.4, -0.2) is 23.1 Å². The van der Waals surface area contributed by atoms with Crippen LogP contribution in [0.15, 0.2) is 36.4 Å². The molecule has 1 heterocycles. The van der Waals surface area contributed by atoms with E-state index in [0.29, 0.717) is 5.69 Å². The molecule has 2 N–H and O–H groups in total. The van der Waals surface area contributed by atoms with Gasteiger partial charge in [-0.1, -0.05) is 0 Å². The molecule has 0 atom stereocenters. The molecule has 1 saturated heterocycles. The van der Waals surface area contributed by atoms with E-state index < -0.39 is 34.6 Å². The van der Waals surface area contributed by atoms with Crippen molar-refractivity contribution in [3.8, 4) is 6.07 Å². The summed E-state index contributed by atoms with van der Waals surface area (Å²) in [6.45, 7) is 3.81. The molecule has 10 heteroatoms. The molecule has 5 nitrogen and oxygen atoms in total. The lowest BCUT2D eigenvalue weighted by Gasteiger charge is -2.31. The highest BCUT2D eigenvalue weighted by Gasteiger charge is 2.43. The van der Waals surface area contributed by atoms with Gasteiger partial charge in [0, 0.05) is 17.9 Å². The van der Waals surface area contributed by atoms with Gasteiger partial charge in [0.25, 0.3) is 5.91 Å². The number of anilines is 2. The average molecular weight is 436 g/mol. The fourth-order valence-electron chi connectivity index (χ4n) is 3.44. The third-order valence-corrected chi connectivity index (χ3v) is 5.19.